The molecule has 1 heterocycles. The number of benzene rings is 1. The SMILES string of the molecule is CC(C)CNC(=O)CN1CC(C(=O)O)Cc2ccccc21. The Morgan fingerprint density at radius 3 is 2.76 bits per heavy atom. The summed E-state index contributed by atoms with van der Waals surface area (Å²) in [7, 11) is 0. The fourth-order valence-electron chi connectivity index (χ4n) is 2.55. The number of carbonyl (C=O) groups excluding carboxylic acids is 1. The van der Waals surface area contributed by atoms with Crippen LogP contribution in [0.4, 0.5) is 5.69 Å². The first-order valence-corrected chi connectivity index (χ1v) is 7.29. The lowest BCUT2D eigenvalue weighted by Gasteiger charge is -2.34. The van der Waals surface area contributed by atoms with E-state index in [0.717, 1.165) is 11.3 Å². The number of carboxylic acids is 1. The molecule has 0 spiro atoms. The molecule has 1 aromatic carbocycles. The Bertz CT molecular complexity index is 528. The van der Waals surface area contributed by atoms with Gasteiger partial charge in [0.1, 0.15) is 0 Å². The average Bonchev–Trinajstić information content (AvgIpc) is 2.45. The molecule has 0 saturated carbocycles. The zero-order chi connectivity index (χ0) is 15.4. The molecule has 1 unspecified atom stereocenters. The van der Waals surface area contributed by atoms with E-state index in [0.29, 0.717) is 25.4 Å². The van der Waals surface area contributed by atoms with Crippen LogP contribution >= 0.6 is 0 Å². The van der Waals surface area contributed by atoms with Gasteiger partial charge in [0.2, 0.25) is 5.91 Å². The number of rotatable bonds is 5. The monoisotopic (exact) mass is 290 g/mol. The van der Waals surface area contributed by atoms with Crippen molar-refractivity contribution < 1.29 is 14.7 Å². The predicted octanol–water partition coefficient (Wildman–Crippen LogP) is 1.52. The third kappa shape index (κ3) is 3.97. The second kappa shape index (κ2) is 6.61. The van der Waals surface area contributed by atoms with Gasteiger partial charge >= 0.3 is 5.97 Å². The van der Waals surface area contributed by atoms with Gasteiger partial charge < -0.3 is 15.3 Å². The van der Waals surface area contributed by atoms with Crippen molar-refractivity contribution in [1.29, 1.82) is 0 Å². The van der Waals surface area contributed by atoms with Crippen molar-refractivity contribution in [3.8, 4) is 0 Å². The van der Waals surface area contributed by atoms with E-state index in [2.05, 4.69) is 5.32 Å². The van der Waals surface area contributed by atoms with Crippen molar-refractivity contribution in [2.45, 2.75) is 20.3 Å². The lowest BCUT2D eigenvalue weighted by molar-refractivity contribution is -0.141. The molecule has 0 aliphatic carbocycles. The number of nitrogens with zero attached hydrogens (tertiary/aromatic N) is 1. The zero-order valence-electron chi connectivity index (χ0n) is 12.5. The largest absolute Gasteiger partial charge is 0.481 e. The molecule has 0 saturated heterocycles. The van der Waals surface area contributed by atoms with E-state index in [9.17, 15) is 14.7 Å². The van der Waals surface area contributed by atoms with Gasteiger partial charge in [-0.15, -0.1) is 0 Å². The molecule has 2 N–H and O–H groups in total. The summed E-state index contributed by atoms with van der Waals surface area (Å²) >= 11 is 0. The first-order valence-electron chi connectivity index (χ1n) is 7.29. The molecule has 5 nitrogen and oxygen atoms in total. The molecule has 1 atom stereocenters. The Morgan fingerprint density at radius 2 is 2.10 bits per heavy atom. The number of aliphatic carboxylic acids is 1. The molecule has 21 heavy (non-hydrogen) atoms. The van der Waals surface area contributed by atoms with Crippen LogP contribution in [0.5, 0.6) is 0 Å². The standard InChI is InChI=1S/C16H22N2O3/c1-11(2)8-17-15(19)10-18-9-13(16(20)21)7-12-5-3-4-6-14(12)18/h3-6,11,13H,7-10H2,1-2H3,(H,17,19)(H,20,21). The van der Waals surface area contributed by atoms with Crippen molar-refractivity contribution in [3.63, 3.8) is 0 Å². The molecule has 0 bridgehead atoms. The summed E-state index contributed by atoms with van der Waals surface area (Å²) in [6.07, 6.45) is 0.523. The number of amides is 1. The minimum Gasteiger partial charge on any atom is -0.481 e. The molecule has 1 amide bonds. The Morgan fingerprint density at radius 1 is 1.38 bits per heavy atom. The van der Waals surface area contributed by atoms with Gasteiger partial charge in [-0.3, -0.25) is 9.59 Å². The number of hydrogen-bond acceptors (Lipinski definition) is 3. The summed E-state index contributed by atoms with van der Waals surface area (Å²) in [6.45, 7) is 5.29. The number of para-hydroxylation sites is 1. The van der Waals surface area contributed by atoms with Crippen molar-refractivity contribution in [3.05, 3.63) is 29.8 Å². The Labute approximate surface area is 125 Å². The average molecular weight is 290 g/mol. The molecule has 5 heteroatoms. The number of anilines is 1. The highest BCUT2D eigenvalue weighted by Crippen LogP contribution is 2.29. The summed E-state index contributed by atoms with van der Waals surface area (Å²) in [5, 5.41) is 12.1. The lowest BCUT2D eigenvalue weighted by Crippen LogP contribution is -2.45. The van der Waals surface area contributed by atoms with Crippen LogP contribution in [0.15, 0.2) is 24.3 Å². The summed E-state index contributed by atoms with van der Waals surface area (Å²) < 4.78 is 0. The van der Waals surface area contributed by atoms with Crippen LogP contribution in [0.1, 0.15) is 19.4 Å². The third-order valence-electron chi connectivity index (χ3n) is 3.63. The number of carbonyl (C=O) groups is 2. The van der Waals surface area contributed by atoms with E-state index in [1.165, 1.54) is 0 Å². The van der Waals surface area contributed by atoms with Gasteiger partial charge in [-0.1, -0.05) is 32.0 Å². The third-order valence-corrected chi connectivity index (χ3v) is 3.63. The molecular weight excluding hydrogens is 268 g/mol. The topological polar surface area (TPSA) is 69.6 Å². The van der Waals surface area contributed by atoms with E-state index in [1.54, 1.807) is 0 Å². The Balaban J connectivity index is 2.10. The maximum absolute atomic E-state index is 12.0. The number of nitrogens with one attached hydrogen (secondary N) is 1. The zero-order valence-corrected chi connectivity index (χ0v) is 12.5. The van der Waals surface area contributed by atoms with Crippen LogP contribution in [0.25, 0.3) is 0 Å². The molecule has 1 aliphatic rings. The quantitative estimate of drug-likeness (QED) is 0.862. The molecule has 2 rings (SSSR count). The fraction of sp³-hybridized carbons (Fsp3) is 0.500. The van der Waals surface area contributed by atoms with Crippen LogP contribution in [0.3, 0.4) is 0 Å². The molecule has 1 aliphatic heterocycles. The van der Waals surface area contributed by atoms with E-state index in [4.69, 9.17) is 0 Å². The molecule has 0 aromatic heterocycles. The molecular formula is C16H22N2O3. The smallest absolute Gasteiger partial charge is 0.308 e. The summed E-state index contributed by atoms with van der Waals surface area (Å²) in [4.78, 5) is 25.2. The van der Waals surface area contributed by atoms with E-state index in [1.807, 2.05) is 43.0 Å². The first kappa shape index (κ1) is 15.4. The summed E-state index contributed by atoms with van der Waals surface area (Å²) in [5.74, 6) is -0.936. The van der Waals surface area contributed by atoms with Gasteiger partial charge in [0, 0.05) is 18.8 Å². The minimum absolute atomic E-state index is 0.0652. The van der Waals surface area contributed by atoms with Crippen molar-refractivity contribution in [2.75, 3.05) is 24.5 Å². The van der Waals surface area contributed by atoms with Crippen molar-refractivity contribution >= 4 is 17.6 Å². The first-order chi connectivity index (χ1) is 9.97. The molecule has 114 valence electrons. The van der Waals surface area contributed by atoms with Crippen LogP contribution in [0, 0.1) is 11.8 Å². The van der Waals surface area contributed by atoms with E-state index < -0.39 is 11.9 Å². The highest BCUT2D eigenvalue weighted by atomic mass is 16.4. The minimum atomic E-state index is -0.808. The molecule has 0 fully saturated rings. The van der Waals surface area contributed by atoms with Gasteiger partial charge in [0.15, 0.2) is 0 Å². The van der Waals surface area contributed by atoms with E-state index in [-0.39, 0.29) is 12.5 Å². The number of fused-ring (bicyclic) bond motifs is 1. The van der Waals surface area contributed by atoms with Crippen LogP contribution < -0.4 is 10.2 Å². The van der Waals surface area contributed by atoms with Gasteiger partial charge in [-0.2, -0.15) is 0 Å². The second-order valence-electron chi connectivity index (χ2n) is 5.95. The molecule has 1 aromatic rings. The summed E-state index contributed by atoms with van der Waals surface area (Å²) in [5.41, 5.74) is 1.96. The van der Waals surface area contributed by atoms with Crippen LogP contribution in [-0.4, -0.2) is 36.6 Å². The highest BCUT2D eigenvalue weighted by molar-refractivity contribution is 5.83. The number of hydrogen-bond donors (Lipinski definition) is 2. The van der Waals surface area contributed by atoms with Crippen molar-refractivity contribution in [1.82, 2.24) is 5.32 Å². The number of carboxylic acid groups (broad SMARTS) is 1. The van der Waals surface area contributed by atoms with Crippen molar-refractivity contribution in [2.24, 2.45) is 11.8 Å². The Hall–Kier alpha value is -2.04. The van der Waals surface area contributed by atoms with E-state index >= 15 is 0 Å². The second-order valence-corrected chi connectivity index (χ2v) is 5.95. The van der Waals surface area contributed by atoms with Gasteiger partial charge in [-0.25, -0.2) is 0 Å². The van der Waals surface area contributed by atoms with Gasteiger partial charge in [0.25, 0.3) is 0 Å². The van der Waals surface area contributed by atoms with Gasteiger partial charge in [-0.05, 0) is 24.0 Å². The molecule has 0 radical (unpaired) electrons. The fourth-order valence-corrected chi connectivity index (χ4v) is 2.55. The van der Waals surface area contributed by atoms with Crippen LogP contribution in [0.2, 0.25) is 0 Å². The maximum atomic E-state index is 12.0. The lowest BCUT2D eigenvalue weighted by atomic mass is 9.92. The van der Waals surface area contributed by atoms with Crippen LogP contribution in [-0.2, 0) is 16.0 Å². The highest BCUT2D eigenvalue weighted by Gasteiger charge is 2.29. The Kier molecular flexibility index (Phi) is 4.83. The predicted molar refractivity (Wildman–Crippen MR) is 81.3 cm³/mol. The maximum Gasteiger partial charge on any atom is 0.308 e. The van der Waals surface area contributed by atoms with Gasteiger partial charge in [0.05, 0.1) is 12.5 Å². The normalized spacial score (nSPS) is 17.5. The summed E-state index contributed by atoms with van der Waals surface area (Å²) in [6, 6.07) is 7.70.